The zero-order valence-electron chi connectivity index (χ0n) is 12.2. The fourth-order valence-corrected chi connectivity index (χ4v) is 2.45. The van der Waals surface area contributed by atoms with Crippen molar-refractivity contribution in [3.05, 3.63) is 12.2 Å². The monoisotopic (exact) mass is 282 g/mol. The molecule has 0 aromatic heterocycles. The first-order valence-electron chi connectivity index (χ1n) is 7.75. The summed E-state index contributed by atoms with van der Waals surface area (Å²) in [4.78, 5) is 21.7. The van der Waals surface area contributed by atoms with E-state index in [2.05, 4.69) is 0 Å². The van der Waals surface area contributed by atoms with E-state index in [9.17, 15) is 9.59 Å². The summed E-state index contributed by atoms with van der Waals surface area (Å²) < 4.78 is 4.97. The third-order valence-electron chi connectivity index (χ3n) is 3.65. The first-order valence-corrected chi connectivity index (χ1v) is 7.75. The molecular weight excluding hydrogens is 256 g/mol. The lowest BCUT2D eigenvalue weighted by atomic mass is 9.98. The molecule has 1 atom stereocenters. The van der Waals surface area contributed by atoms with Gasteiger partial charge in [-0.05, 0) is 12.8 Å². The van der Waals surface area contributed by atoms with Crippen LogP contribution in [0, 0.1) is 5.92 Å². The van der Waals surface area contributed by atoms with Crippen molar-refractivity contribution < 1.29 is 19.4 Å². The van der Waals surface area contributed by atoms with Crippen molar-refractivity contribution in [2.24, 2.45) is 5.92 Å². The Bertz CT molecular complexity index is 322. The molecule has 0 spiro atoms. The summed E-state index contributed by atoms with van der Waals surface area (Å²) in [5.41, 5.74) is 0. The van der Waals surface area contributed by atoms with Gasteiger partial charge < -0.3 is 9.84 Å². The minimum Gasteiger partial charge on any atom is -0.481 e. The molecular formula is C16H26O4. The second-order valence-electron chi connectivity index (χ2n) is 5.43. The highest BCUT2D eigenvalue weighted by atomic mass is 16.5. The average Bonchev–Trinajstić information content (AvgIpc) is 2.42. The van der Waals surface area contributed by atoms with Crippen LogP contribution in [0.2, 0.25) is 0 Å². The lowest BCUT2D eigenvalue weighted by molar-refractivity contribution is -0.146. The Labute approximate surface area is 121 Å². The van der Waals surface area contributed by atoms with Gasteiger partial charge in [0.2, 0.25) is 0 Å². The summed E-state index contributed by atoms with van der Waals surface area (Å²) in [7, 11) is 0. The van der Waals surface area contributed by atoms with E-state index in [1.54, 1.807) is 0 Å². The van der Waals surface area contributed by atoms with Crippen molar-refractivity contribution in [3.8, 4) is 0 Å². The van der Waals surface area contributed by atoms with Crippen molar-refractivity contribution in [2.75, 3.05) is 6.61 Å². The Morgan fingerprint density at radius 2 is 1.70 bits per heavy atom. The van der Waals surface area contributed by atoms with Gasteiger partial charge in [0.25, 0.3) is 0 Å². The van der Waals surface area contributed by atoms with E-state index in [0.29, 0.717) is 13.0 Å². The van der Waals surface area contributed by atoms with Gasteiger partial charge in [0, 0.05) is 6.42 Å². The van der Waals surface area contributed by atoms with Crippen molar-refractivity contribution in [1.82, 2.24) is 0 Å². The van der Waals surface area contributed by atoms with Gasteiger partial charge in [-0.3, -0.25) is 9.59 Å². The number of aliphatic carboxylic acids is 1. The van der Waals surface area contributed by atoms with E-state index in [1.165, 1.54) is 19.3 Å². The molecule has 0 amide bonds. The predicted octanol–water partition coefficient (Wildman–Crippen LogP) is 3.70. The minimum atomic E-state index is -0.694. The second kappa shape index (κ2) is 10.5. The van der Waals surface area contributed by atoms with Crippen LogP contribution in [-0.4, -0.2) is 23.7 Å². The quantitative estimate of drug-likeness (QED) is 0.356. The predicted molar refractivity (Wildman–Crippen MR) is 77.4 cm³/mol. The number of hydrogen-bond acceptors (Lipinski definition) is 3. The molecule has 20 heavy (non-hydrogen) atoms. The van der Waals surface area contributed by atoms with Crippen molar-refractivity contribution in [3.63, 3.8) is 0 Å². The fraction of sp³-hybridized carbons (Fsp3) is 0.750. The average molecular weight is 282 g/mol. The number of carboxylic acid groups (broad SMARTS) is 1. The summed E-state index contributed by atoms with van der Waals surface area (Å²) >= 11 is 0. The van der Waals surface area contributed by atoms with E-state index < -0.39 is 5.97 Å². The number of unbranched alkanes of at least 4 members (excludes halogenated alkanes) is 7. The van der Waals surface area contributed by atoms with Gasteiger partial charge in [-0.1, -0.05) is 57.1 Å². The molecule has 0 saturated heterocycles. The van der Waals surface area contributed by atoms with Crippen LogP contribution in [0.3, 0.4) is 0 Å². The topological polar surface area (TPSA) is 63.6 Å². The molecule has 4 nitrogen and oxygen atoms in total. The Morgan fingerprint density at radius 1 is 1.10 bits per heavy atom. The lowest BCUT2D eigenvalue weighted by Gasteiger charge is -2.15. The van der Waals surface area contributed by atoms with Gasteiger partial charge in [0.15, 0.2) is 0 Å². The molecule has 0 aliphatic carbocycles. The number of ether oxygens (including phenoxy) is 1. The van der Waals surface area contributed by atoms with Gasteiger partial charge in [-0.15, -0.1) is 0 Å². The van der Waals surface area contributed by atoms with Gasteiger partial charge in [-0.25, -0.2) is 0 Å². The summed E-state index contributed by atoms with van der Waals surface area (Å²) in [6.45, 7) is 0.428. The van der Waals surface area contributed by atoms with Crippen LogP contribution in [0.1, 0.15) is 64.2 Å². The van der Waals surface area contributed by atoms with Crippen molar-refractivity contribution in [2.45, 2.75) is 64.2 Å². The standard InChI is InChI=1S/C16H26O4/c17-15(18)12-8-6-4-2-1-3-5-7-10-14-11-9-13-20-16(14)19/h9,11,14H,1-8,10,12-13H2,(H,17,18). The summed E-state index contributed by atoms with van der Waals surface area (Å²) in [6.07, 6.45) is 13.8. The lowest BCUT2D eigenvalue weighted by Crippen LogP contribution is -2.19. The van der Waals surface area contributed by atoms with E-state index in [1.807, 2.05) is 12.2 Å². The molecule has 1 N–H and O–H groups in total. The van der Waals surface area contributed by atoms with E-state index in [0.717, 1.165) is 38.5 Å². The molecule has 1 aliphatic heterocycles. The molecule has 0 fully saturated rings. The zero-order valence-corrected chi connectivity index (χ0v) is 12.2. The molecule has 1 unspecified atom stereocenters. The summed E-state index contributed by atoms with van der Waals surface area (Å²) in [5, 5.41) is 8.50. The van der Waals surface area contributed by atoms with E-state index in [4.69, 9.17) is 9.84 Å². The van der Waals surface area contributed by atoms with Crippen molar-refractivity contribution in [1.29, 1.82) is 0 Å². The zero-order chi connectivity index (χ0) is 14.6. The van der Waals surface area contributed by atoms with Gasteiger partial charge in [0.05, 0.1) is 5.92 Å². The van der Waals surface area contributed by atoms with Crippen LogP contribution in [0.15, 0.2) is 12.2 Å². The fourth-order valence-electron chi connectivity index (χ4n) is 2.45. The molecule has 0 aromatic rings. The van der Waals surface area contributed by atoms with Crippen LogP contribution in [-0.2, 0) is 14.3 Å². The van der Waals surface area contributed by atoms with Crippen LogP contribution in [0.25, 0.3) is 0 Å². The van der Waals surface area contributed by atoms with E-state index >= 15 is 0 Å². The Balaban J connectivity index is 1.85. The Morgan fingerprint density at radius 3 is 2.30 bits per heavy atom. The third-order valence-corrected chi connectivity index (χ3v) is 3.65. The Kier molecular flexibility index (Phi) is 8.76. The summed E-state index contributed by atoms with van der Waals surface area (Å²) in [6, 6.07) is 0. The maximum absolute atomic E-state index is 11.4. The van der Waals surface area contributed by atoms with E-state index in [-0.39, 0.29) is 11.9 Å². The van der Waals surface area contributed by atoms with Crippen LogP contribution in [0.5, 0.6) is 0 Å². The smallest absolute Gasteiger partial charge is 0.313 e. The van der Waals surface area contributed by atoms with Crippen LogP contribution >= 0.6 is 0 Å². The third kappa shape index (κ3) is 7.97. The van der Waals surface area contributed by atoms with Gasteiger partial charge >= 0.3 is 11.9 Å². The molecule has 0 saturated carbocycles. The number of cyclic esters (lactones) is 1. The molecule has 114 valence electrons. The normalized spacial score (nSPS) is 18.0. The number of rotatable bonds is 11. The molecule has 4 heteroatoms. The molecule has 0 radical (unpaired) electrons. The van der Waals surface area contributed by atoms with Crippen LogP contribution in [0.4, 0.5) is 0 Å². The second-order valence-corrected chi connectivity index (χ2v) is 5.43. The molecule has 0 bridgehead atoms. The maximum atomic E-state index is 11.4. The highest BCUT2D eigenvalue weighted by Crippen LogP contribution is 2.17. The molecule has 1 heterocycles. The maximum Gasteiger partial charge on any atom is 0.313 e. The highest BCUT2D eigenvalue weighted by Gasteiger charge is 2.18. The highest BCUT2D eigenvalue weighted by molar-refractivity contribution is 5.75. The summed E-state index contributed by atoms with van der Waals surface area (Å²) in [5.74, 6) is -0.800. The molecule has 1 rings (SSSR count). The van der Waals surface area contributed by atoms with Gasteiger partial charge in [0.1, 0.15) is 6.61 Å². The first kappa shape index (κ1) is 16.7. The molecule has 0 aromatic carbocycles. The minimum absolute atomic E-state index is 0.0280. The Hall–Kier alpha value is -1.32. The number of hydrogen-bond donors (Lipinski definition) is 1. The first-order chi connectivity index (χ1) is 9.70. The number of esters is 1. The van der Waals surface area contributed by atoms with Crippen LogP contribution < -0.4 is 0 Å². The van der Waals surface area contributed by atoms with Crippen molar-refractivity contribution >= 4 is 11.9 Å². The number of carbonyl (C=O) groups is 2. The number of carboxylic acids is 1. The molecule has 1 aliphatic rings. The van der Waals surface area contributed by atoms with Gasteiger partial charge in [-0.2, -0.15) is 0 Å². The number of carbonyl (C=O) groups excluding carboxylic acids is 1. The largest absolute Gasteiger partial charge is 0.481 e. The SMILES string of the molecule is O=C(O)CCCCCCCCCCC1C=CCOC1=O.